The number of nitrogens with one attached hydrogen (secondary N) is 1. The number of anilines is 1. The molecule has 0 saturated heterocycles. The van der Waals surface area contributed by atoms with Crippen LogP contribution in [0.2, 0.25) is 10.0 Å². The SMILES string of the molecule is FC(F)CNc1ccc(Br)c(Cl)c1Cl. The Morgan fingerprint density at radius 1 is 1.29 bits per heavy atom. The van der Waals surface area contributed by atoms with Gasteiger partial charge in [-0.25, -0.2) is 8.78 Å². The lowest BCUT2D eigenvalue weighted by atomic mass is 10.3. The first-order chi connectivity index (χ1) is 6.52. The Balaban J connectivity index is 2.83. The first-order valence-corrected chi connectivity index (χ1v) is 5.22. The van der Waals surface area contributed by atoms with Gasteiger partial charge in [0.1, 0.15) is 0 Å². The van der Waals surface area contributed by atoms with Gasteiger partial charge in [0.05, 0.1) is 22.3 Å². The second-order valence-electron chi connectivity index (χ2n) is 2.49. The first-order valence-electron chi connectivity index (χ1n) is 3.68. The van der Waals surface area contributed by atoms with Crippen molar-refractivity contribution in [1.29, 1.82) is 0 Å². The van der Waals surface area contributed by atoms with E-state index in [1.54, 1.807) is 12.1 Å². The lowest BCUT2D eigenvalue weighted by Crippen LogP contribution is -2.10. The van der Waals surface area contributed by atoms with Crippen molar-refractivity contribution in [3.63, 3.8) is 0 Å². The van der Waals surface area contributed by atoms with Gasteiger partial charge in [0.25, 0.3) is 6.43 Å². The molecule has 0 saturated carbocycles. The molecule has 0 aromatic heterocycles. The number of alkyl halides is 2. The fraction of sp³-hybridized carbons (Fsp3) is 0.250. The predicted molar refractivity (Wildman–Crippen MR) is 58.7 cm³/mol. The lowest BCUT2D eigenvalue weighted by molar-refractivity contribution is 0.163. The molecule has 0 heterocycles. The average Bonchev–Trinajstić information content (AvgIpc) is 2.13. The highest BCUT2D eigenvalue weighted by Gasteiger charge is 2.09. The number of hydrogen-bond acceptors (Lipinski definition) is 1. The predicted octanol–water partition coefficient (Wildman–Crippen LogP) is 4.43. The number of rotatable bonds is 3. The van der Waals surface area contributed by atoms with Crippen molar-refractivity contribution in [3.05, 3.63) is 26.7 Å². The van der Waals surface area contributed by atoms with Crippen LogP contribution in [0.5, 0.6) is 0 Å². The summed E-state index contributed by atoms with van der Waals surface area (Å²) in [6.07, 6.45) is -2.42. The van der Waals surface area contributed by atoms with Crippen molar-refractivity contribution >= 4 is 44.8 Å². The van der Waals surface area contributed by atoms with Crippen molar-refractivity contribution in [3.8, 4) is 0 Å². The van der Waals surface area contributed by atoms with Crippen molar-refractivity contribution in [1.82, 2.24) is 0 Å². The zero-order valence-corrected chi connectivity index (χ0v) is 9.93. The summed E-state index contributed by atoms with van der Waals surface area (Å²) in [5.41, 5.74) is 0.403. The van der Waals surface area contributed by atoms with Crippen LogP contribution in [0, 0.1) is 0 Å². The van der Waals surface area contributed by atoms with E-state index in [2.05, 4.69) is 21.2 Å². The Labute approximate surface area is 98.5 Å². The van der Waals surface area contributed by atoms with E-state index in [9.17, 15) is 8.78 Å². The van der Waals surface area contributed by atoms with E-state index in [1.165, 1.54) is 0 Å². The molecule has 0 amide bonds. The maximum Gasteiger partial charge on any atom is 0.255 e. The number of halogens is 5. The molecule has 0 bridgehead atoms. The van der Waals surface area contributed by atoms with E-state index in [0.717, 1.165) is 0 Å². The summed E-state index contributed by atoms with van der Waals surface area (Å²) in [5, 5.41) is 3.04. The van der Waals surface area contributed by atoms with Crippen LogP contribution >= 0.6 is 39.1 Å². The van der Waals surface area contributed by atoms with Gasteiger partial charge in [-0.15, -0.1) is 0 Å². The Morgan fingerprint density at radius 2 is 1.93 bits per heavy atom. The summed E-state index contributed by atoms with van der Waals surface area (Å²) >= 11 is 14.8. The molecule has 0 aliphatic carbocycles. The quantitative estimate of drug-likeness (QED) is 0.814. The van der Waals surface area contributed by atoms with Crippen molar-refractivity contribution in [2.45, 2.75) is 6.43 Å². The van der Waals surface area contributed by atoms with Gasteiger partial charge in [-0.2, -0.15) is 0 Å². The summed E-state index contributed by atoms with van der Waals surface area (Å²) < 4.78 is 24.4. The van der Waals surface area contributed by atoms with E-state index in [-0.39, 0.29) is 5.02 Å². The van der Waals surface area contributed by atoms with Gasteiger partial charge in [0, 0.05) is 4.47 Å². The fourth-order valence-electron chi connectivity index (χ4n) is 0.850. The molecular weight excluding hydrogens is 299 g/mol. The molecule has 0 atom stereocenters. The van der Waals surface area contributed by atoms with Gasteiger partial charge in [-0.1, -0.05) is 23.2 Å². The third-order valence-corrected chi connectivity index (χ3v) is 3.25. The molecule has 1 N–H and O–H groups in total. The van der Waals surface area contributed by atoms with Crippen molar-refractivity contribution < 1.29 is 8.78 Å². The highest BCUT2D eigenvalue weighted by Crippen LogP contribution is 2.35. The Morgan fingerprint density at radius 3 is 2.50 bits per heavy atom. The van der Waals surface area contributed by atoms with E-state index in [1.807, 2.05) is 0 Å². The molecule has 0 radical (unpaired) electrons. The van der Waals surface area contributed by atoms with Crippen molar-refractivity contribution in [2.75, 3.05) is 11.9 Å². The highest BCUT2D eigenvalue weighted by atomic mass is 79.9. The third kappa shape index (κ3) is 2.97. The number of benzene rings is 1. The average molecular weight is 305 g/mol. The molecule has 14 heavy (non-hydrogen) atoms. The molecule has 0 fully saturated rings. The maximum atomic E-state index is 11.9. The van der Waals surface area contributed by atoms with Crippen molar-refractivity contribution in [2.24, 2.45) is 0 Å². The van der Waals surface area contributed by atoms with E-state index < -0.39 is 13.0 Å². The maximum absolute atomic E-state index is 11.9. The second-order valence-corrected chi connectivity index (χ2v) is 4.11. The number of hydrogen-bond donors (Lipinski definition) is 1. The Kier molecular flexibility index (Phi) is 4.41. The molecule has 0 aliphatic heterocycles. The van der Waals surface area contributed by atoms with Crippen LogP contribution in [0.4, 0.5) is 14.5 Å². The minimum absolute atomic E-state index is 0.238. The molecular formula is C8H6BrCl2F2N. The van der Waals surface area contributed by atoms with Gasteiger partial charge in [-0.3, -0.25) is 0 Å². The second kappa shape index (κ2) is 5.14. The van der Waals surface area contributed by atoms with Crippen LogP contribution in [0.3, 0.4) is 0 Å². The van der Waals surface area contributed by atoms with Gasteiger partial charge in [-0.05, 0) is 28.1 Å². The van der Waals surface area contributed by atoms with Crippen LogP contribution in [0.15, 0.2) is 16.6 Å². The van der Waals surface area contributed by atoms with Gasteiger partial charge >= 0.3 is 0 Å². The molecule has 6 heteroatoms. The molecule has 1 aromatic carbocycles. The minimum atomic E-state index is -2.42. The molecule has 0 unspecified atom stereocenters. The Hall–Kier alpha value is -0.0600. The molecule has 78 valence electrons. The normalized spacial score (nSPS) is 10.7. The summed E-state index contributed by atoms with van der Waals surface area (Å²) in [6.45, 7) is -0.447. The first kappa shape index (κ1) is 12.0. The molecule has 0 aliphatic rings. The van der Waals surface area contributed by atoms with Crippen LogP contribution in [0.25, 0.3) is 0 Å². The monoisotopic (exact) mass is 303 g/mol. The standard InChI is InChI=1S/C8H6BrCl2F2N/c9-4-1-2-5(8(11)7(4)10)14-3-6(12)13/h1-2,6,14H,3H2. The van der Waals surface area contributed by atoms with Gasteiger partial charge in [0.15, 0.2) is 0 Å². The molecule has 0 spiro atoms. The van der Waals surface area contributed by atoms with E-state index in [4.69, 9.17) is 23.2 Å². The lowest BCUT2D eigenvalue weighted by Gasteiger charge is -2.09. The van der Waals surface area contributed by atoms with Gasteiger partial charge in [0.2, 0.25) is 0 Å². The topological polar surface area (TPSA) is 12.0 Å². The summed E-state index contributed by atoms with van der Waals surface area (Å²) in [4.78, 5) is 0. The van der Waals surface area contributed by atoms with Crippen LogP contribution < -0.4 is 5.32 Å². The van der Waals surface area contributed by atoms with Crippen LogP contribution in [0.1, 0.15) is 0 Å². The zero-order valence-electron chi connectivity index (χ0n) is 6.83. The summed E-state index contributed by atoms with van der Waals surface area (Å²) in [6, 6.07) is 3.22. The molecule has 1 aromatic rings. The zero-order chi connectivity index (χ0) is 10.7. The van der Waals surface area contributed by atoms with Crippen LogP contribution in [-0.4, -0.2) is 13.0 Å². The van der Waals surface area contributed by atoms with E-state index in [0.29, 0.717) is 15.2 Å². The smallest absolute Gasteiger partial charge is 0.255 e. The minimum Gasteiger partial charge on any atom is -0.378 e. The largest absolute Gasteiger partial charge is 0.378 e. The summed E-state index contributed by atoms with van der Waals surface area (Å²) in [7, 11) is 0. The fourth-order valence-corrected chi connectivity index (χ4v) is 1.69. The summed E-state index contributed by atoms with van der Waals surface area (Å²) in [5.74, 6) is 0. The Bertz CT molecular complexity index is 333. The molecule has 1 rings (SSSR count). The molecule has 1 nitrogen and oxygen atoms in total. The van der Waals surface area contributed by atoms with Gasteiger partial charge < -0.3 is 5.32 Å². The van der Waals surface area contributed by atoms with Crippen LogP contribution in [-0.2, 0) is 0 Å². The highest BCUT2D eigenvalue weighted by molar-refractivity contribution is 9.10. The van der Waals surface area contributed by atoms with E-state index >= 15 is 0 Å². The third-order valence-electron chi connectivity index (χ3n) is 1.48.